The number of carbonyl (C=O) groups is 6. The number of piperidine rings is 1. The van der Waals surface area contributed by atoms with Crippen LogP contribution in [0.1, 0.15) is 123 Å². The van der Waals surface area contributed by atoms with E-state index in [1.54, 1.807) is 26.3 Å². The van der Waals surface area contributed by atoms with Crippen molar-refractivity contribution in [3.63, 3.8) is 0 Å². The highest BCUT2D eigenvalue weighted by Gasteiger charge is 2.53. The van der Waals surface area contributed by atoms with E-state index in [1.165, 1.54) is 16.2 Å². The van der Waals surface area contributed by atoms with Crippen LogP contribution in [0.2, 0.25) is 0 Å². The van der Waals surface area contributed by atoms with Crippen LogP contribution in [-0.4, -0.2) is 142 Å². The highest BCUT2D eigenvalue weighted by molar-refractivity contribution is 7.13. The van der Waals surface area contributed by atoms with Crippen molar-refractivity contribution >= 4 is 47.1 Å². The number of ether oxygens (including phenoxy) is 4. The maximum absolute atomic E-state index is 14.7. The van der Waals surface area contributed by atoms with Crippen LogP contribution in [0.4, 0.5) is 9.18 Å². The Morgan fingerprint density at radius 2 is 1.79 bits per heavy atom. The molecule has 77 heavy (non-hydrogen) atoms. The molecular weight excluding hydrogens is 1010 g/mol. The average molecular weight is 1090 g/mol. The van der Waals surface area contributed by atoms with E-state index in [9.17, 15) is 43.4 Å². The van der Waals surface area contributed by atoms with Crippen molar-refractivity contribution < 1.29 is 62.3 Å². The molecule has 3 saturated heterocycles. The van der Waals surface area contributed by atoms with Crippen molar-refractivity contribution in [2.75, 3.05) is 39.5 Å². The number of aromatic nitrogens is 1. The lowest BCUT2D eigenvalue weighted by atomic mass is 9.65. The lowest BCUT2D eigenvalue weighted by molar-refractivity contribution is -0.160. The number of allylic oxidation sites excluding steroid dienone is 3. The van der Waals surface area contributed by atoms with Crippen molar-refractivity contribution in [1.82, 2.24) is 30.7 Å². The van der Waals surface area contributed by atoms with Crippen LogP contribution >= 0.6 is 11.3 Å². The molecule has 1 aromatic carbocycles. The second-order valence-electron chi connectivity index (χ2n) is 23.5. The lowest BCUT2D eigenvalue weighted by Crippen LogP contribution is -2.59. The first-order valence-electron chi connectivity index (χ1n) is 27.7. The van der Waals surface area contributed by atoms with Crippen LogP contribution in [0.3, 0.4) is 0 Å². The normalized spacial score (nSPS) is 27.4. The number of likely N-dealkylation sites (tertiary alicyclic amines) is 2. The number of hydrogen-bond donors (Lipinski definition) is 5. The van der Waals surface area contributed by atoms with E-state index in [0.29, 0.717) is 56.1 Å². The third-order valence-corrected chi connectivity index (χ3v) is 17.3. The van der Waals surface area contributed by atoms with Gasteiger partial charge in [-0.25, -0.2) is 14.2 Å². The number of aliphatic hydroxyl groups is 2. The van der Waals surface area contributed by atoms with Crippen LogP contribution in [0.25, 0.3) is 10.4 Å². The van der Waals surface area contributed by atoms with E-state index in [4.69, 9.17) is 18.9 Å². The van der Waals surface area contributed by atoms with Crippen molar-refractivity contribution in [1.29, 1.82) is 0 Å². The summed E-state index contributed by atoms with van der Waals surface area (Å²) in [5, 5.41) is 29.5. The van der Waals surface area contributed by atoms with Gasteiger partial charge in [0, 0.05) is 50.5 Å². The maximum Gasteiger partial charge on any atom is 0.509 e. The first-order valence-corrected chi connectivity index (χ1v) is 28.5. The van der Waals surface area contributed by atoms with Gasteiger partial charge in [-0.3, -0.25) is 29.3 Å². The number of aryl methyl sites for hydroxylation is 1. The van der Waals surface area contributed by atoms with E-state index >= 15 is 0 Å². The van der Waals surface area contributed by atoms with Gasteiger partial charge in [0.2, 0.25) is 11.8 Å². The van der Waals surface area contributed by atoms with Crippen LogP contribution in [0, 0.1) is 41.9 Å². The molecule has 3 aliphatic carbocycles. The van der Waals surface area contributed by atoms with E-state index in [2.05, 4.69) is 53.0 Å². The lowest BCUT2D eigenvalue weighted by Gasteiger charge is -2.43. The quantitative estimate of drug-likeness (QED) is 0.0545. The molecule has 3 aliphatic heterocycles. The van der Waals surface area contributed by atoms with Gasteiger partial charge in [-0.1, -0.05) is 65.0 Å². The number of benzene rings is 1. The summed E-state index contributed by atoms with van der Waals surface area (Å²) in [6.07, 6.45) is 9.72. The molecule has 6 aliphatic rings. The number of amides is 4. The molecule has 5 N–H and O–H groups in total. The number of cyclic esters (lactones) is 1. The first kappa shape index (κ1) is 57.7. The van der Waals surface area contributed by atoms with Crippen LogP contribution in [-0.2, 0) is 44.7 Å². The van der Waals surface area contributed by atoms with Crippen molar-refractivity contribution in [3.05, 3.63) is 58.8 Å². The van der Waals surface area contributed by atoms with Crippen LogP contribution < -0.4 is 20.7 Å². The number of β-amino-alcohol motifs (C(OH)–C–C–N with tert-alkyl or cyclic N) is 1. The molecular formula is C57H79FN6O12S. The Balaban J connectivity index is 0.771. The SMILES string of the molecule is Cc1ncsc1-c1ccc(CNC(=O)[C@H]2C[C@H](O)CN2C(=O)[C@H](NC(=O)C2(F)CC2)C(C)(C)C)c(OCC(=O)N2CCC(CCCNCOC(=O)O[C@H]3C[C@@H](C)C=C4C=C[C@H](C)[C@H](CC[C@H]5C[C@H](O)CC(=O)O5)[C@H]43)CC2)c1. The summed E-state index contributed by atoms with van der Waals surface area (Å²) in [6, 6.07) is 3.37. The van der Waals surface area contributed by atoms with Gasteiger partial charge in [0.1, 0.15) is 36.8 Å². The molecule has 4 fully saturated rings. The molecule has 0 spiro atoms. The number of rotatable bonds is 20. The summed E-state index contributed by atoms with van der Waals surface area (Å²) in [5.41, 5.74) is 2.36. The highest BCUT2D eigenvalue weighted by Crippen LogP contribution is 2.46. The summed E-state index contributed by atoms with van der Waals surface area (Å²) in [4.78, 5) is 87.7. The molecule has 8 rings (SSSR count). The standard InChI is InChI=1S/C57H79FN6O12S/c1-33-22-37-10-9-34(2)43(14-13-42-25-40(65)27-48(68)75-42)49(37)46(23-33)76-55(72)74-31-59-19-7-8-36-15-20-63(21-16-36)47(67)30-73-45-24-38(50-35(3)61-32-77-50)11-12-39(45)28-60-52(69)44-26-41(66)29-64(44)53(70)51(56(4,5)6)62-54(71)57(58)17-18-57/h9-12,22,24,32-34,36,40-44,46,49,51,59,65-66H,7-8,13-21,23,25-31H2,1-6H3,(H,60,69)(H,62,71)/t33-,34-,40-,41-,42-,43-,44+,46-,49-,51-/m0/s1. The summed E-state index contributed by atoms with van der Waals surface area (Å²) in [6.45, 7) is 12.9. The Morgan fingerprint density at radius 3 is 2.49 bits per heavy atom. The molecule has 2 aromatic rings. The third-order valence-electron chi connectivity index (χ3n) is 16.4. The second kappa shape index (κ2) is 25.1. The second-order valence-corrected chi connectivity index (χ2v) is 24.3. The number of hydrogen-bond acceptors (Lipinski definition) is 15. The van der Waals surface area contributed by atoms with E-state index in [1.807, 2.05) is 30.0 Å². The zero-order valence-electron chi connectivity index (χ0n) is 45.4. The number of nitrogens with one attached hydrogen (secondary N) is 3. The summed E-state index contributed by atoms with van der Waals surface area (Å²) in [7, 11) is 0. The predicted molar refractivity (Wildman–Crippen MR) is 284 cm³/mol. The van der Waals surface area contributed by atoms with Crippen molar-refractivity contribution in [3.8, 4) is 16.2 Å². The molecule has 422 valence electrons. The Hall–Kier alpha value is -5.44. The number of carbonyl (C=O) groups excluding carboxylic acids is 6. The van der Waals surface area contributed by atoms with Crippen LogP contribution in [0.15, 0.2) is 47.5 Å². The van der Waals surface area contributed by atoms with E-state index in [-0.39, 0.29) is 99.9 Å². The zero-order chi connectivity index (χ0) is 55.2. The van der Waals surface area contributed by atoms with Gasteiger partial charge in [-0.15, -0.1) is 11.3 Å². The maximum atomic E-state index is 14.7. The van der Waals surface area contributed by atoms with Gasteiger partial charge < -0.3 is 49.6 Å². The minimum atomic E-state index is -2.00. The Labute approximate surface area is 455 Å². The van der Waals surface area contributed by atoms with Crippen LogP contribution in [0.5, 0.6) is 5.75 Å². The van der Waals surface area contributed by atoms with E-state index in [0.717, 1.165) is 53.8 Å². The molecule has 1 saturated carbocycles. The Morgan fingerprint density at radius 1 is 1.03 bits per heavy atom. The minimum Gasteiger partial charge on any atom is -0.483 e. The summed E-state index contributed by atoms with van der Waals surface area (Å²) >= 11 is 1.47. The fraction of sp³-hybridized carbons (Fsp3) is 0.667. The largest absolute Gasteiger partial charge is 0.509 e. The number of fused-ring (bicyclic) bond motifs is 1. The Bertz CT molecular complexity index is 2520. The molecule has 1 aromatic heterocycles. The number of aliphatic hydroxyl groups excluding tert-OH is 2. The van der Waals surface area contributed by atoms with Gasteiger partial charge in [-0.05, 0) is 118 Å². The molecule has 4 amide bonds. The van der Waals surface area contributed by atoms with E-state index < -0.39 is 59.3 Å². The number of halogens is 1. The first-order chi connectivity index (χ1) is 36.6. The van der Waals surface area contributed by atoms with Gasteiger partial charge in [0.25, 0.3) is 11.8 Å². The highest BCUT2D eigenvalue weighted by atomic mass is 32.1. The summed E-state index contributed by atoms with van der Waals surface area (Å²) < 4.78 is 38.0. The molecule has 4 heterocycles. The number of nitrogens with zero attached hydrogens (tertiary/aromatic N) is 3. The van der Waals surface area contributed by atoms with Gasteiger partial charge in [-0.2, -0.15) is 0 Å². The molecule has 0 unspecified atom stereocenters. The zero-order valence-corrected chi connectivity index (χ0v) is 46.2. The number of alkyl halides is 1. The predicted octanol–water partition coefficient (Wildman–Crippen LogP) is 6.45. The molecule has 10 atom stereocenters. The minimum absolute atomic E-state index is 0.00692. The van der Waals surface area contributed by atoms with Gasteiger partial charge in [0.05, 0.1) is 34.7 Å². The third kappa shape index (κ3) is 14.8. The van der Waals surface area contributed by atoms with Crippen molar-refractivity contribution in [2.24, 2.45) is 35.0 Å². The smallest absolute Gasteiger partial charge is 0.483 e. The number of esters is 1. The van der Waals surface area contributed by atoms with Crippen molar-refractivity contribution in [2.45, 2.75) is 167 Å². The molecule has 18 nitrogen and oxygen atoms in total. The summed E-state index contributed by atoms with van der Waals surface area (Å²) in [5.74, 6) is -1.03. The fourth-order valence-electron chi connectivity index (χ4n) is 11.8. The molecule has 20 heteroatoms. The Kier molecular flexibility index (Phi) is 18.8. The van der Waals surface area contributed by atoms with Gasteiger partial charge in [0.15, 0.2) is 12.3 Å². The average Bonchev–Trinajstić information content (AvgIpc) is 3.79. The molecule has 0 radical (unpaired) electrons. The number of thiazole rings is 1. The fourth-order valence-corrected chi connectivity index (χ4v) is 12.6. The molecule has 0 bridgehead atoms. The topological polar surface area (TPSA) is 235 Å². The van der Waals surface area contributed by atoms with Gasteiger partial charge >= 0.3 is 12.1 Å². The monoisotopic (exact) mass is 1090 g/mol.